The molecule has 0 saturated carbocycles. The summed E-state index contributed by atoms with van der Waals surface area (Å²) in [6, 6.07) is 19.5. The number of benzene rings is 3. The number of fused-ring (bicyclic) bond motifs is 11. The van der Waals surface area contributed by atoms with Gasteiger partial charge in [-0.05, 0) is 64.2 Å². The lowest BCUT2D eigenvalue weighted by Gasteiger charge is -2.36. The van der Waals surface area contributed by atoms with E-state index in [1.165, 1.54) is 22.3 Å². The summed E-state index contributed by atoms with van der Waals surface area (Å²) in [5, 5.41) is 12.7. The highest BCUT2D eigenvalue weighted by Crippen LogP contribution is 2.58. The monoisotopic (exact) mass is 559 g/mol. The Morgan fingerprint density at radius 3 is 2.69 bits per heavy atom. The van der Waals surface area contributed by atoms with Gasteiger partial charge in [-0.2, -0.15) is 0 Å². The van der Waals surface area contributed by atoms with E-state index in [0.29, 0.717) is 18.9 Å². The summed E-state index contributed by atoms with van der Waals surface area (Å²) in [4.78, 5) is 5.24. The molecule has 7 rings (SSSR count). The minimum atomic E-state index is -0.307. The molecule has 1 N–H and O–H groups in total. The van der Waals surface area contributed by atoms with Crippen molar-refractivity contribution in [3.05, 3.63) is 95.2 Å². The molecule has 0 bridgehead atoms. The van der Waals surface area contributed by atoms with Crippen LogP contribution >= 0.6 is 0 Å². The molecule has 5 heteroatoms. The number of methoxy groups -OCH3 is 1. The smallest absolute Gasteiger partial charge is 0.331 e. The van der Waals surface area contributed by atoms with E-state index in [4.69, 9.17) is 14.1 Å². The quantitative estimate of drug-likeness (QED) is 0.164. The first-order valence-corrected chi connectivity index (χ1v) is 15.1. The summed E-state index contributed by atoms with van der Waals surface area (Å²) >= 11 is 0. The lowest BCUT2D eigenvalue weighted by atomic mass is 9.72. The van der Waals surface area contributed by atoms with E-state index in [2.05, 4.69) is 87.4 Å². The van der Waals surface area contributed by atoms with Crippen LogP contribution in [0.2, 0.25) is 0 Å². The Morgan fingerprint density at radius 1 is 1.12 bits per heavy atom. The van der Waals surface area contributed by atoms with Crippen molar-refractivity contribution in [1.29, 1.82) is 0 Å². The van der Waals surface area contributed by atoms with Crippen molar-refractivity contribution in [2.45, 2.75) is 57.9 Å². The van der Waals surface area contributed by atoms with Gasteiger partial charge >= 0.3 is 5.82 Å². The molecule has 3 heterocycles. The minimum absolute atomic E-state index is 0.0117. The zero-order valence-electron chi connectivity index (χ0n) is 25.2. The number of hydrogen-bond donors (Lipinski definition) is 1. The number of hydrogen-bond acceptors (Lipinski definition) is 4. The van der Waals surface area contributed by atoms with Gasteiger partial charge < -0.3 is 14.3 Å². The molecule has 0 fully saturated rings. The molecular formula is C37H39N2O3+. The number of nitrogens with zero attached hydrogens (tertiary/aromatic N) is 2. The van der Waals surface area contributed by atoms with Crippen LogP contribution in [0.5, 0.6) is 0 Å². The van der Waals surface area contributed by atoms with Crippen LogP contribution in [0.4, 0.5) is 0 Å². The van der Waals surface area contributed by atoms with E-state index in [9.17, 15) is 5.11 Å². The number of rotatable bonds is 7. The van der Waals surface area contributed by atoms with E-state index in [0.717, 1.165) is 56.6 Å². The predicted octanol–water partition coefficient (Wildman–Crippen LogP) is 7.66. The molecule has 2 unspecified atom stereocenters. The number of aliphatic hydroxyl groups is 1. The third kappa shape index (κ3) is 3.83. The van der Waals surface area contributed by atoms with Gasteiger partial charge in [0.15, 0.2) is 6.20 Å². The Bertz CT molecular complexity index is 1880. The van der Waals surface area contributed by atoms with E-state index in [1.807, 2.05) is 12.3 Å². The van der Waals surface area contributed by atoms with E-state index in [-0.39, 0.29) is 24.0 Å². The first kappa shape index (κ1) is 27.1. The van der Waals surface area contributed by atoms with Gasteiger partial charge in [-0.1, -0.05) is 70.7 Å². The highest BCUT2D eigenvalue weighted by Gasteiger charge is 2.49. The van der Waals surface area contributed by atoms with Crippen LogP contribution in [0.15, 0.2) is 77.4 Å². The predicted molar refractivity (Wildman–Crippen MR) is 168 cm³/mol. The van der Waals surface area contributed by atoms with Crippen LogP contribution < -0.4 is 4.57 Å². The van der Waals surface area contributed by atoms with Gasteiger partial charge in [0, 0.05) is 41.6 Å². The van der Waals surface area contributed by atoms with Gasteiger partial charge in [0.25, 0.3) is 0 Å². The molecular weight excluding hydrogens is 520 g/mol. The maximum Gasteiger partial charge on any atom is 0.331 e. The van der Waals surface area contributed by atoms with Crippen LogP contribution in [-0.2, 0) is 16.6 Å². The normalized spacial score (nSPS) is 18.3. The molecule has 2 atom stereocenters. The maximum atomic E-state index is 10.4. The molecule has 3 aromatic carbocycles. The summed E-state index contributed by atoms with van der Waals surface area (Å²) in [5.41, 5.74) is 9.99. The standard InChI is InChI=1S/C37H39N2O3/c1-21(2)17-23-11-14-29-24(18-23)19-38-36-31-25(26(15-16-40)34(39(29)36)22(3)20-41-6)12-13-28-32(31)37(4,5)33-27-9-7-8-10-30(27)42-35(28)33/h7-14,18-19,21,26,34,40H,3,15-17,20H2,1-2,4-6H3/q+1. The van der Waals surface area contributed by atoms with Gasteiger partial charge in [-0.15, -0.1) is 0 Å². The SMILES string of the molecule is C=C(COC)C1C(CCO)c2ccc3c(c2-c2ncc4cc(CC(C)C)ccc4[n+]21)C(C)(C)c1c-3oc2ccccc12. The fourth-order valence-corrected chi connectivity index (χ4v) is 7.83. The van der Waals surface area contributed by atoms with Crippen LogP contribution in [0.1, 0.15) is 68.3 Å². The highest BCUT2D eigenvalue weighted by atomic mass is 16.5. The molecule has 42 heavy (non-hydrogen) atoms. The highest BCUT2D eigenvalue weighted by molar-refractivity contribution is 5.97. The summed E-state index contributed by atoms with van der Waals surface area (Å²) in [6.45, 7) is 14.2. The van der Waals surface area contributed by atoms with Crippen molar-refractivity contribution in [2.24, 2.45) is 5.92 Å². The van der Waals surface area contributed by atoms with Gasteiger partial charge in [0.1, 0.15) is 22.9 Å². The molecule has 1 aliphatic heterocycles. The van der Waals surface area contributed by atoms with E-state index < -0.39 is 0 Å². The van der Waals surface area contributed by atoms with Crippen molar-refractivity contribution in [3.8, 4) is 22.7 Å². The fourth-order valence-electron chi connectivity index (χ4n) is 7.83. The summed E-state index contributed by atoms with van der Waals surface area (Å²) in [7, 11) is 1.72. The van der Waals surface area contributed by atoms with Crippen LogP contribution in [-0.4, -0.2) is 30.4 Å². The maximum absolute atomic E-state index is 10.4. The Labute approximate surface area is 247 Å². The van der Waals surface area contributed by atoms with Crippen molar-refractivity contribution >= 4 is 21.9 Å². The third-order valence-corrected chi connectivity index (χ3v) is 9.35. The van der Waals surface area contributed by atoms with Crippen molar-refractivity contribution < 1.29 is 18.8 Å². The van der Waals surface area contributed by atoms with Crippen molar-refractivity contribution in [1.82, 2.24) is 4.98 Å². The van der Waals surface area contributed by atoms with Crippen molar-refractivity contribution in [3.63, 3.8) is 0 Å². The Hall–Kier alpha value is -3.80. The van der Waals surface area contributed by atoms with Gasteiger partial charge in [-0.25, -0.2) is 4.57 Å². The molecule has 5 nitrogen and oxygen atoms in total. The van der Waals surface area contributed by atoms with E-state index >= 15 is 0 Å². The number of aliphatic hydroxyl groups excluding tert-OH is 1. The van der Waals surface area contributed by atoms with Crippen LogP contribution in [0, 0.1) is 5.92 Å². The Kier molecular flexibility index (Phi) is 6.37. The second-order valence-corrected chi connectivity index (χ2v) is 13.0. The molecule has 0 amide bonds. The molecule has 2 aliphatic rings. The zero-order valence-corrected chi connectivity index (χ0v) is 25.2. The molecule has 214 valence electrons. The van der Waals surface area contributed by atoms with Crippen LogP contribution in [0.3, 0.4) is 0 Å². The Morgan fingerprint density at radius 2 is 1.93 bits per heavy atom. The largest absolute Gasteiger partial charge is 0.456 e. The van der Waals surface area contributed by atoms with Gasteiger partial charge in [-0.3, -0.25) is 0 Å². The number of aromatic nitrogens is 2. The summed E-state index contributed by atoms with van der Waals surface area (Å²) in [5.74, 6) is 2.47. The molecule has 0 radical (unpaired) electrons. The lowest BCUT2D eigenvalue weighted by molar-refractivity contribution is -0.687. The molecule has 5 aromatic rings. The topological polar surface area (TPSA) is 59.4 Å². The molecule has 0 spiro atoms. The first-order valence-electron chi connectivity index (χ1n) is 15.1. The van der Waals surface area contributed by atoms with Crippen molar-refractivity contribution in [2.75, 3.05) is 20.3 Å². The first-order chi connectivity index (χ1) is 20.3. The molecule has 2 aromatic heterocycles. The van der Waals surface area contributed by atoms with E-state index in [1.54, 1.807) is 7.11 Å². The average molecular weight is 560 g/mol. The summed E-state index contributed by atoms with van der Waals surface area (Å²) in [6.07, 6.45) is 3.67. The van der Waals surface area contributed by atoms with Gasteiger partial charge in [0.05, 0.1) is 17.6 Å². The summed E-state index contributed by atoms with van der Waals surface area (Å²) < 4.78 is 14.5. The lowest BCUT2D eigenvalue weighted by Crippen LogP contribution is -2.51. The second-order valence-electron chi connectivity index (χ2n) is 13.0. The second kappa shape index (κ2) is 9.89. The fraction of sp³-hybridized carbons (Fsp3) is 0.351. The Balaban J connectivity index is 1.55. The van der Waals surface area contributed by atoms with Gasteiger partial charge in [0.2, 0.25) is 0 Å². The molecule has 0 saturated heterocycles. The number of furan rings is 1. The van der Waals surface area contributed by atoms with Crippen LogP contribution in [0.25, 0.3) is 44.6 Å². The molecule has 1 aliphatic carbocycles. The number of para-hydroxylation sites is 1. The minimum Gasteiger partial charge on any atom is -0.456 e. The zero-order chi connectivity index (χ0) is 29.3. The third-order valence-electron chi connectivity index (χ3n) is 9.35. The average Bonchev–Trinajstić information content (AvgIpc) is 3.46. The number of ether oxygens (including phenoxy) is 1.